The molecule has 2 heterocycles. The Bertz CT molecular complexity index is 885. The van der Waals surface area contributed by atoms with Crippen molar-refractivity contribution in [2.24, 2.45) is 0 Å². The topological polar surface area (TPSA) is 33.5 Å². The molecule has 0 aliphatic carbocycles. The molecule has 2 aromatic rings. The molecule has 0 N–H and O–H groups in total. The van der Waals surface area contributed by atoms with Crippen LogP contribution in [-0.4, -0.2) is 21.7 Å². The zero-order valence-electron chi connectivity index (χ0n) is 14.4. The summed E-state index contributed by atoms with van der Waals surface area (Å²) in [6.45, 7) is 2.63. The molecule has 8 heteroatoms. The van der Waals surface area contributed by atoms with Gasteiger partial charge in [-0.1, -0.05) is 49.5 Å². The second-order valence-corrected chi connectivity index (χ2v) is 7.64. The normalized spacial score (nSPS) is 16.6. The Balaban J connectivity index is 1.77. The van der Waals surface area contributed by atoms with Gasteiger partial charge < -0.3 is 4.42 Å². The van der Waals surface area contributed by atoms with Gasteiger partial charge in [-0.2, -0.15) is 13.2 Å². The van der Waals surface area contributed by atoms with Gasteiger partial charge in [0.1, 0.15) is 15.8 Å². The molecule has 1 aromatic heterocycles. The average Bonchev–Trinajstić information content (AvgIpc) is 3.18. The van der Waals surface area contributed by atoms with Gasteiger partial charge in [-0.3, -0.25) is 9.69 Å². The monoisotopic (exact) mass is 411 g/mol. The van der Waals surface area contributed by atoms with E-state index in [0.29, 0.717) is 32.9 Å². The van der Waals surface area contributed by atoms with Gasteiger partial charge in [0.05, 0.1) is 10.5 Å². The lowest BCUT2D eigenvalue weighted by Gasteiger charge is -2.12. The number of carbonyl (C=O) groups is 1. The number of hydrogen-bond donors (Lipinski definition) is 0. The first kappa shape index (κ1) is 19.7. The van der Waals surface area contributed by atoms with E-state index in [0.717, 1.165) is 25.0 Å². The fourth-order valence-corrected chi connectivity index (χ4v) is 3.84. The van der Waals surface area contributed by atoms with Crippen molar-refractivity contribution in [1.29, 1.82) is 0 Å². The molecule has 0 bridgehead atoms. The number of carbonyl (C=O) groups excluding carboxylic acids is 1. The van der Waals surface area contributed by atoms with Crippen LogP contribution in [0.1, 0.15) is 31.1 Å². The number of thiocarbonyl (C=S) groups is 1. The fraction of sp³-hybridized carbons (Fsp3) is 0.263. The van der Waals surface area contributed by atoms with Gasteiger partial charge in [-0.25, -0.2) is 0 Å². The SMILES string of the molecule is CCCCN1C(=O)/C(=C/c2ccc(-c3ccc(C(F)(F)F)cc3)o2)SC1=S. The van der Waals surface area contributed by atoms with E-state index in [1.165, 1.54) is 23.9 Å². The predicted molar refractivity (Wildman–Crippen MR) is 104 cm³/mol. The molecule has 1 amide bonds. The summed E-state index contributed by atoms with van der Waals surface area (Å²) in [6, 6.07) is 8.07. The number of furan rings is 1. The largest absolute Gasteiger partial charge is 0.457 e. The molecule has 0 radical (unpaired) electrons. The second-order valence-electron chi connectivity index (χ2n) is 5.96. The van der Waals surface area contributed by atoms with Crippen molar-refractivity contribution in [2.75, 3.05) is 6.54 Å². The van der Waals surface area contributed by atoms with Crippen LogP contribution in [0.15, 0.2) is 45.7 Å². The summed E-state index contributed by atoms with van der Waals surface area (Å²) >= 11 is 6.47. The minimum absolute atomic E-state index is 0.147. The fourth-order valence-electron chi connectivity index (χ4n) is 2.55. The molecule has 0 saturated carbocycles. The van der Waals surface area contributed by atoms with Crippen molar-refractivity contribution in [3.63, 3.8) is 0 Å². The average molecular weight is 411 g/mol. The van der Waals surface area contributed by atoms with Crippen LogP contribution in [0.2, 0.25) is 0 Å². The molecule has 0 unspecified atom stereocenters. The summed E-state index contributed by atoms with van der Waals surface area (Å²) in [7, 11) is 0. The predicted octanol–water partition coefficient (Wildman–Crippen LogP) is 5.97. The first-order chi connectivity index (χ1) is 12.8. The van der Waals surface area contributed by atoms with E-state index in [1.807, 2.05) is 6.92 Å². The van der Waals surface area contributed by atoms with Crippen LogP contribution < -0.4 is 0 Å². The lowest BCUT2D eigenvalue weighted by molar-refractivity contribution is -0.137. The number of hydrogen-bond acceptors (Lipinski definition) is 4. The van der Waals surface area contributed by atoms with E-state index in [2.05, 4.69) is 0 Å². The molecule has 1 fully saturated rings. The number of alkyl halides is 3. The van der Waals surface area contributed by atoms with Crippen LogP contribution in [0.25, 0.3) is 17.4 Å². The van der Waals surface area contributed by atoms with Crippen molar-refractivity contribution in [2.45, 2.75) is 25.9 Å². The second kappa shape index (κ2) is 7.90. The summed E-state index contributed by atoms with van der Waals surface area (Å²) in [4.78, 5) is 14.5. The molecule has 1 saturated heterocycles. The molecule has 27 heavy (non-hydrogen) atoms. The van der Waals surface area contributed by atoms with Crippen LogP contribution in [0.4, 0.5) is 13.2 Å². The number of halogens is 3. The van der Waals surface area contributed by atoms with Crippen LogP contribution in [0.5, 0.6) is 0 Å². The summed E-state index contributed by atoms with van der Waals surface area (Å²) in [5, 5.41) is 0. The molecule has 3 nitrogen and oxygen atoms in total. The maximum Gasteiger partial charge on any atom is 0.416 e. The summed E-state index contributed by atoms with van der Waals surface area (Å²) < 4.78 is 44.1. The van der Waals surface area contributed by atoms with Crippen LogP contribution in [0, 0.1) is 0 Å². The molecule has 0 atom stereocenters. The quantitative estimate of drug-likeness (QED) is 0.449. The number of amides is 1. The minimum atomic E-state index is -4.38. The van der Waals surface area contributed by atoms with Crippen LogP contribution >= 0.6 is 24.0 Å². The molecule has 142 valence electrons. The highest BCUT2D eigenvalue weighted by atomic mass is 32.2. The maximum absolute atomic E-state index is 12.7. The lowest BCUT2D eigenvalue weighted by Crippen LogP contribution is -2.28. The first-order valence-corrected chi connectivity index (χ1v) is 9.55. The Labute approximate surface area is 164 Å². The molecule has 3 rings (SSSR count). The van der Waals surface area contributed by atoms with Gasteiger partial charge in [0.15, 0.2) is 0 Å². The molecule has 1 aliphatic rings. The van der Waals surface area contributed by atoms with Crippen molar-refractivity contribution in [1.82, 2.24) is 4.90 Å². The van der Waals surface area contributed by atoms with E-state index < -0.39 is 11.7 Å². The summed E-state index contributed by atoms with van der Waals surface area (Å²) in [6.07, 6.45) is -0.929. The van der Waals surface area contributed by atoms with Gasteiger partial charge >= 0.3 is 6.18 Å². The van der Waals surface area contributed by atoms with Crippen molar-refractivity contribution in [3.05, 3.63) is 52.6 Å². The van der Waals surface area contributed by atoms with Gasteiger partial charge in [0, 0.05) is 18.2 Å². The van der Waals surface area contributed by atoms with Crippen LogP contribution in [-0.2, 0) is 11.0 Å². The third kappa shape index (κ3) is 4.44. The summed E-state index contributed by atoms with van der Waals surface area (Å²) in [5.74, 6) is 0.725. The number of rotatable bonds is 5. The summed E-state index contributed by atoms with van der Waals surface area (Å²) in [5.41, 5.74) is -0.188. The Morgan fingerprint density at radius 1 is 1.19 bits per heavy atom. The first-order valence-electron chi connectivity index (χ1n) is 8.32. The Hall–Kier alpha value is -2.06. The van der Waals surface area contributed by atoms with Crippen LogP contribution in [0.3, 0.4) is 0 Å². The van der Waals surface area contributed by atoms with E-state index in [1.54, 1.807) is 23.1 Å². The number of unbranched alkanes of at least 4 members (excludes halogenated alkanes) is 1. The smallest absolute Gasteiger partial charge is 0.416 e. The maximum atomic E-state index is 12.7. The third-order valence-corrected chi connectivity index (χ3v) is 5.38. The van der Waals surface area contributed by atoms with Crippen molar-refractivity contribution in [3.8, 4) is 11.3 Å². The van der Waals surface area contributed by atoms with Gasteiger partial charge in [0.2, 0.25) is 0 Å². The Morgan fingerprint density at radius 3 is 2.52 bits per heavy atom. The standard InChI is InChI=1S/C19H16F3NO2S2/c1-2-3-10-23-17(24)16(27-18(23)26)11-14-8-9-15(25-14)12-4-6-13(7-5-12)19(20,21)22/h4-9,11H,2-3,10H2,1H3/b16-11-. The lowest BCUT2D eigenvalue weighted by atomic mass is 10.1. The van der Waals surface area contributed by atoms with E-state index in [4.69, 9.17) is 16.6 Å². The van der Waals surface area contributed by atoms with Gasteiger partial charge in [0.25, 0.3) is 5.91 Å². The van der Waals surface area contributed by atoms with Gasteiger partial charge in [-0.05, 0) is 30.7 Å². The zero-order chi connectivity index (χ0) is 19.6. The molecule has 0 spiro atoms. The number of thioether (sulfide) groups is 1. The molecule has 1 aromatic carbocycles. The Morgan fingerprint density at radius 2 is 1.89 bits per heavy atom. The van der Waals surface area contributed by atoms with Crippen molar-refractivity contribution < 1.29 is 22.4 Å². The highest BCUT2D eigenvalue weighted by Crippen LogP contribution is 2.34. The zero-order valence-corrected chi connectivity index (χ0v) is 16.0. The molecular weight excluding hydrogens is 395 g/mol. The Kier molecular flexibility index (Phi) is 5.76. The van der Waals surface area contributed by atoms with E-state index in [9.17, 15) is 18.0 Å². The van der Waals surface area contributed by atoms with E-state index in [-0.39, 0.29) is 5.91 Å². The minimum Gasteiger partial charge on any atom is -0.457 e. The van der Waals surface area contributed by atoms with Gasteiger partial charge in [-0.15, -0.1) is 0 Å². The molecular formula is C19H16F3NO2S2. The highest BCUT2D eigenvalue weighted by molar-refractivity contribution is 8.26. The van der Waals surface area contributed by atoms with Crippen molar-refractivity contribution >= 4 is 40.3 Å². The number of nitrogens with zero attached hydrogens (tertiary/aromatic N) is 1. The number of benzene rings is 1. The van der Waals surface area contributed by atoms with E-state index >= 15 is 0 Å². The molecule has 1 aliphatic heterocycles. The highest BCUT2D eigenvalue weighted by Gasteiger charge is 2.32. The third-order valence-electron chi connectivity index (χ3n) is 4.01.